The Hall–Kier alpha value is -2.17. The largest absolute Gasteiger partial charge is 0.392 e. The lowest BCUT2D eigenvalue weighted by atomic mass is 10.0. The SMILES string of the molecule is NNc1ccc(C(=O)c2ccc(CO)cc2)cc1. The van der Waals surface area contributed by atoms with Crippen LogP contribution in [0.1, 0.15) is 21.5 Å². The lowest BCUT2D eigenvalue weighted by Crippen LogP contribution is -2.07. The van der Waals surface area contributed by atoms with Gasteiger partial charge in [-0.2, -0.15) is 0 Å². The summed E-state index contributed by atoms with van der Waals surface area (Å²) in [4.78, 5) is 12.1. The third-order valence-electron chi connectivity index (χ3n) is 2.71. The highest BCUT2D eigenvalue weighted by atomic mass is 16.3. The number of carbonyl (C=O) groups is 1. The van der Waals surface area contributed by atoms with Crippen molar-refractivity contribution >= 4 is 11.5 Å². The number of nitrogen functional groups attached to an aromatic ring is 1. The molecule has 2 rings (SSSR count). The number of benzene rings is 2. The molecule has 4 heteroatoms. The molecule has 18 heavy (non-hydrogen) atoms. The Balaban J connectivity index is 2.23. The molecule has 2 aromatic carbocycles. The van der Waals surface area contributed by atoms with Gasteiger partial charge in [-0.1, -0.05) is 24.3 Å². The minimum Gasteiger partial charge on any atom is -0.392 e. The van der Waals surface area contributed by atoms with Gasteiger partial charge in [-0.15, -0.1) is 0 Å². The third kappa shape index (κ3) is 2.56. The van der Waals surface area contributed by atoms with Crippen LogP contribution in [0.5, 0.6) is 0 Å². The summed E-state index contributed by atoms with van der Waals surface area (Å²) in [5, 5.41) is 8.94. The summed E-state index contributed by atoms with van der Waals surface area (Å²) in [6.45, 7) is -0.0225. The maximum absolute atomic E-state index is 12.1. The van der Waals surface area contributed by atoms with Crippen LogP contribution in [0.4, 0.5) is 5.69 Å². The fourth-order valence-corrected chi connectivity index (χ4v) is 1.65. The summed E-state index contributed by atoms with van der Waals surface area (Å²) in [5.74, 6) is 5.21. The molecule has 0 fully saturated rings. The van der Waals surface area contributed by atoms with Crippen LogP contribution < -0.4 is 11.3 Å². The highest BCUT2D eigenvalue weighted by Gasteiger charge is 2.08. The highest BCUT2D eigenvalue weighted by molar-refractivity contribution is 6.09. The number of ketones is 1. The Bertz CT molecular complexity index is 483. The Morgan fingerprint density at radius 1 is 1.00 bits per heavy atom. The molecule has 0 amide bonds. The molecule has 0 radical (unpaired) electrons. The van der Waals surface area contributed by atoms with E-state index in [0.29, 0.717) is 11.1 Å². The van der Waals surface area contributed by atoms with E-state index in [9.17, 15) is 4.79 Å². The zero-order valence-electron chi connectivity index (χ0n) is 9.76. The van der Waals surface area contributed by atoms with E-state index in [-0.39, 0.29) is 12.4 Å². The van der Waals surface area contributed by atoms with Gasteiger partial charge < -0.3 is 10.5 Å². The number of hydrogen-bond donors (Lipinski definition) is 3. The van der Waals surface area contributed by atoms with Crippen molar-refractivity contribution in [2.45, 2.75) is 6.61 Å². The van der Waals surface area contributed by atoms with Gasteiger partial charge in [-0.25, -0.2) is 0 Å². The molecule has 0 saturated heterocycles. The summed E-state index contributed by atoms with van der Waals surface area (Å²) in [6.07, 6.45) is 0. The standard InChI is InChI=1S/C14H14N2O2/c15-16-13-7-5-12(6-8-13)14(18)11-3-1-10(9-17)2-4-11/h1-8,16-17H,9,15H2. The summed E-state index contributed by atoms with van der Waals surface area (Å²) in [7, 11) is 0. The Labute approximate surface area is 105 Å². The number of aliphatic hydroxyl groups excluding tert-OH is 1. The van der Waals surface area contributed by atoms with Crippen LogP contribution in [0.25, 0.3) is 0 Å². The van der Waals surface area contributed by atoms with Crippen molar-refractivity contribution in [1.29, 1.82) is 0 Å². The van der Waals surface area contributed by atoms with Gasteiger partial charge >= 0.3 is 0 Å². The van der Waals surface area contributed by atoms with Gasteiger partial charge in [0.1, 0.15) is 0 Å². The van der Waals surface area contributed by atoms with Crippen LogP contribution in [0.3, 0.4) is 0 Å². The molecule has 0 atom stereocenters. The topological polar surface area (TPSA) is 75.3 Å². The molecule has 0 aliphatic rings. The van der Waals surface area contributed by atoms with Crippen LogP contribution in [-0.2, 0) is 6.61 Å². The molecule has 0 unspecified atom stereocenters. The van der Waals surface area contributed by atoms with Crippen molar-refractivity contribution < 1.29 is 9.90 Å². The molecular formula is C14H14N2O2. The summed E-state index contributed by atoms with van der Waals surface area (Å²) >= 11 is 0. The van der Waals surface area contributed by atoms with E-state index in [2.05, 4.69) is 5.43 Å². The van der Waals surface area contributed by atoms with Gasteiger partial charge in [0.15, 0.2) is 5.78 Å². The minimum atomic E-state index is -0.0527. The number of rotatable bonds is 4. The molecule has 4 N–H and O–H groups in total. The Morgan fingerprint density at radius 2 is 1.50 bits per heavy atom. The first-order valence-corrected chi connectivity index (χ1v) is 5.56. The Kier molecular flexibility index (Phi) is 3.72. The summed E-state index contributed by atoms with van der Waals surface area (Å²) in [6, 6.07) is 13.8. The predicted octanol–water partition coefficient (Wildman–Crippen LogP) is 1.70. The highest BCUT2D eigenvalue weighted by Crippen LogP contribution is 2.14. The van der Waals surface area contributed by atoms with Crippen molar-refractivity contribution in [2.24, 2.45) is 5.84 Å². The van der Waals surface area contributed by atoms with Gasteiger partial charge in [-0.05, 0) is 29.8 Å². The minimum absolute atomic E-state index is 0.0225. The van der Waals surface area contributed by atoms with E-state index in [4.69, 9.17) is 10.9 Å². The number of nitrogens with one attached hydrogen (secondary N) is 1. The molecule has 0 spiro atoms. The predicted molar refractivity (Wildman–Crippen MR) is 70.0 cm³/mol. The Morgan fingerprint density at radius 3 is 1.94 bits per heavy atom. The van der Waals surface area contributed by atoms with Crippen LogP contribution in [-0.4, -0.2) is 10.9 Å². The first-order valence-electron chi connectivity index (χ1n) is 5.56. The van der Waals surface area contributed by atoms with E-state index in [1.807, 2.05) is 0 Å². The van der Waals surface area contributed by atoms with Gasteiger partial charge in [-0.3, -0.25) is 10.6 Å². The number of hydrazine groups is 1. The first-order chi connectivity index (χ1) is 8.74. The maximum atomic E-state index is 12.1. The monoisotopic (exact) mass is 242 g/mol. The maximum Gasteiger partial charge on any atom is 0.193 e. The fourth-order valence-electron chi connectivity index (χ4n) is 1.65. The van der Waals surface area contributed by atoms with Crippen molar-refractivity contribution in [3.63, 3.8) is 0 Å². The van der Waals surface area contributed by atoms with Gasteiger partial charge in [0.05, 0.1) is 6.61 Å². The second-order valence-electron chi connectivity index (χ2n) is 3.91. The zero-order valence-corrected chi connectivity index (χ0v) is 9.76. The van der Waals surface area contributed by atoms with Crippen LogP contribution in [0, 0.1) is 0 Å². The second-order valence-corrected chi connectivity index (χ2v) is 3.91. The molecular weight excluding hydrogens is 228 g/mol. The van der Waals surface area contributed by atoms with E-state index in [0.717, 1.165) is 11.3 Å². The summed E-state index contributed by atoms with van der Waals surface area (Å²) in [5.41, 5.74) is 5.25. The number of carbonyl (C=O) groups excluding carboxylic acids is 1. The first kappa shape index (κ1) is 12.3. The number of anilines is 1. The number of nitrogens with two attached hydrogens (primary N) is 1. The van der Waals surface area contributed by atoms with Crippen molar-refractivity contribution in [1.82, 2.24) is 0 Å². The van der Waals surface area contributed by atoms with Crippen LogP contribution in [0.15, 0.2) is 48.5 Å². The van der Waals surface area contributed by atoms with Gasteiger partial charge in [0, 0.05) is 16.8 Å². The molecule has 0 aliphatic carbocycles. The lowest BCUT2D eigenvalue weighted by Gasteiger charge is -2.04. The van der Waals surface area contributed by atoms with E-state index >= 15 is 0 Å². The quantitative estimate of drug-likeness (QED) is 0.433. The number of aliphatic hydroxyl groups is 1. The molecule has 0 saturated carbocycles. The number of hydrogen-bond acceptors (Lipinski definition) is 4. The fraction of sp³-hybridized carbons (Fsp3) is 0.0714. The lowest BCUT2D eigenvalue weighted by molar-refractivity contribution is 0.103. The van der Waals surface area contributed by atoms with Crippen LogP contribution >= 0.6 is 0 Å². The summed E-state index contributed by atoms with van der Waals surface area (Å²) < 4.78 is 0. The smallest absolute Gasteiger partial charge is 0.193 e. The van der Waals surface area contributed by atoms with Crippen molar-refractivity contribution in [2.75, 3.05) is 5.43 Å². The molecule has 2 aromatic rings. The normalized spacial score (nSPS) is 10.1. The molecule has 4 nitrogen and oxygen atoms in total. The zero-order chi connectivity index (χ0) is 13.0. The van der Waals surface area contributed by atoms with Crippen molar-refractivity contribution in [3.05, 3.63) is 65.2 Å². The van der Waals surface area contributed by atoms with Crippen molar-refractivity contribution in [3.8, 4) is 0 Å². The van der Waals surface area contributed by atoms with E-state index in [1.165, 1.54) is 0 Å². The average molecular weight is 242 g/mol. The second kappa shape index (κ2) is 5.44. The van der Waals surface area contributed by atoms with E-state index in [1.54, 1.807) is 48.5 Å². The van der Waals surface area contributed by atoms with Crippen LogP contribution in [0.2, 0.25) is 0 Å². The van der Waals surface area contributed by atoms with Gasteiger partial charge in [0.25, 0.3) is 0 Å². The third-order valence-corrected chi connectivity index (χ3v) is 2.71. The van der Waals surface area contributed by atoms with Gasteiger partial charge in [0.2, 0.25) is 0 Å². The average Bonchev–Trinajstić information content (AvgIpc) is 2.47. The molecule has 0 aromatic heterocycles. The molecule has 92 valence electrons. The molecule has 0 aliphatic heterocycles. The van der Waals surface area contributed by atoms with E-state index < -0.39 is 0 Å². The molecule has 0 bridgehead atoms. The molecule has 0 heterocycles.